The SMILES string of the molecule is Cc1cccnc1NC(=O)N[C@@H](C)c1ccc2c(c1)CC(=O)N2. The molecule has 2 heterocycles. The Hall–Kier alpha value is -2.89. The van der Waals surface area contributed by atoms with E-state index < -0.39 is 0 Å². The predicted molar refractivity (Wildman–Crippen MR) is 88.3 cm³/mol. The molecule has 0 aliphatic carbocycles. The number of aromatic nitrogens is 1. The number of carbonyl (C=O) groups excluding carboxylic acids is 2. The van der Waals surface area contributed by atoms with Crippen LogP contribution in [0.5, 0.6) is 0 Å². The molecule has 0 spiro atoms. The van der Waals surface area contributed by atoms with Crippen molar-refractivity contribution in [2.45, 2.75) is 26.3 Å². The standard InChI is InChI=1S/C17H18N4O2/c1-10-4-3-7-18-16(10)21-17(23)19-11(2)12-5-6-14-13(8-12)9-15(22)20-14/h3-8,11H,9H2,1-2H3,(H,20,22)(H2,18,19,21,23)/t11-/m0/s1. The predicted octanol–water partition coefficient (Wildman–Crippen LogP) is 2.77. The van der Waals surface area contributed by atoms with Gasteiger partial charge in [0, 0.05) is 11.9 Å². The van der Waals surface area contributed by atoms with E-state index in [-0.39, 0.29) is 18.0 Å². The fraction of sp³-hybridized carbons (Fsp3) is 0.235. The summed E-state index contributed by atoms with van der Waals surface area (Å²) in [4.78, 5) is 27.6. The summed E-state index contributed by atoms with van der Waals surface area (Å²) in [6.45, 7) is 3.79. The van der Waals surface area contributed by atoms with E-state index in [0.717, 1.165) is 22.4 Å². The largest absolute Gasteiger partial charge is 0.331 e. The Kier molecular flexibility index (Phi) is 3.97. The molecule has 1 aromatic carbocycles. The molecule has 1 aliphatic rings. The van der Waals surface area contributed by atoms with E-state index in [1.165, 1.54) is 0 Å². The van der Waals surface area contributed by atoms with Gasteiger partial charge in [-0.1, -0.05) is 18.2 Å². The number of hydrogen-bond donors (Lipinski definition) is 3. The van der Waals surface area contributed by atoms with Crippen molar-refractivity contribution < 1.29 is 9.59 Å². The smallest absolute Gasteiger partial charge is 0.320 e. The molecule has 3 amide bonds. The molecule has 3 N–H and O–H groups in total. The molecule has 0 radical (unpaired) electrons. The Labute approximate surface area is 134 Å². The molecular weight excluding hydrogens is 292 g/mol. The summed E-state index contributed by atoms with van der Waals surface area (Å²) in [7, 11) is 0. The first-order valence-electron chi connectivity index (χ1n) is 7.45. The number of benzene rings is 1. The van der Waals surface area contributed by atoms with Crippen LogP contribution < -0.4 is 16.0 Å². The van der Waals surface area contributed by atoms with Crippen molar-refractivity contribution in [2.24, 2.45) is 0 Å². The summed E-state index contributed by atoms with van der Waals surface area (Å²) in [6, 6.07) is 8.94. The van der Waals surface area contributed by atoms with Crippen molar-refractivity contribution in [3.05, 3.63) is 53.2 Å². The number of hydrogen-bond acceptors (Lipinski definition) is 3. The van der Waals surface area contributed by atoms with Crippen molar-refractivity contribution in [1.29, 1.82) is 0 Å². The molecule has 0 saturated heterocycles. The number of pyridine rings is 1. The minimum absolute atomic E-state index is 0.00105. The Morgan fingerprint density at radius 3 is 2.96 bits per heavy atom. The van der Waals surface area contributed by atoms with Crippen molar-refractivity contribution in [3.8, 4) is 0 Å². The molecule has 1 aromatic heterocycles. The first-order valence-corrected chi connectivity index (χ1v) is 7.45. The zero-order chi connectivity index (χ0) is 16.4. The van der Waals surface area contributed by atoms with E-state index in [1.54, 1.807) is 6.20 Å². The van der Waals surface area contributed by atoms with Crippen molar-refractivity contribution in [3.63, 3.8) is 0 Å². The number of urea groups is 1. The van der Waals surface area contributed by atoms with Crippen molar-refractivity contribution in [1.82, 2.24) is 10.3 Å². The summed E-state index contributed by atoms with van der Waals surface area (Å²) >= 11 is 0. The third-order valence-electron chi connectivity index (χ3n) is 3.84. The minimum atomic E-state index is -0.311. The molecular formula is C17H18N4O2. The maximum absolute atomic E-state index is 12.1. The second-order valence-corrected chi connectivity index (χ2v) is 5.63. The molecule has 0 unspecified atom stereocenters. The third kappa shape index (κ3) is 3.31. The van der Waals surface area contributed by atoms with E-state index in [9.17, 15) is 9.59 Å². The quantitative estimate of drug-likeness (QED) is 0.815. The van der Waals surface area contributed by atoms with Crippen LogP contribution in [0, 0.1) is 6.92 Å². The molecule has 3 rings (SSSR count). The topological polar surface area (TPSA) is 83.1 Å². The van der Waals surface area contributed by atoms with Gasteiger partial charge in [-0.2, -0.15) is 0 Å². The minimum Gasteiger partial charge on any atom is -0.331 e. The molecule has 1 aliphatic heterocycles. The Balaban J connectivity index is 1.66. The van der Waals surface area contributed by atoms with E-state index >= 15 is 0 Å². The summed E-state index contributed by atoms with van der Waals surface area (Å²) in [5.41, 5.74) is 3.66. The van der Waals surface area contributed by atoms with Crippen LogP contribution in [-0.2, 0) is 11.2 Å². The third-order valence-corrected chi connectivity index (χ3v) is 3.84. The molecule has 2 aromatic rings. The van der Waals surface area contributed by atoms with Gasteiger partial charge in [0.25, 0.3) is 0 Å². The monoisotopic (exact) mass is 310 g/mol. The summed E-state index contributed by atoms with van der Waals surface area (Å²) in [6.07, 6.45) is 2.02. The first-order chi connectivity index (χ1) is 11.0. The number of fused-ring (bicyclic) bond motifs is 1. The van der Waals surface area contributed by atoms with Gasteiger partial charge in [-0.3, -0.25) is 10.1 Å². The van der Waals surface area contributed by atoms with Crippen molar-refractivity contribution >= 4 is 23.4 Å². The number of rotatable bonds is 3. The zero-order valence-electron chi connectivity index (χ0n) is 13.0. The van der Waals surface area contributed by atoms with Gasteiger partial charge in [-0.05, 0) is 42.7 Å². The lowest BCUT2D eigenvalue weighted by atomic mass is 10.0. The molecule has 0 bridgehead atoms. The van der Waals surface area contributed by atoms with Gasteiger partial charge in [0.05, 0.1) is 12.5 Å². The fourth-order valence-corrected chi connectivity index (χ4v) is 2.56. The number of aryl methyl sites for hydroxylation is 1. The second kappa shape index (κ2) is 6.08. The lowest BCUT2D eigenvalue weighted by Crippen LogP contribution is -2.31. The highest BCUT2D eigenvalue weighted by atomic mass is 16.2. The first kappa shape index (κ1) is 15.0. The highest BCUT2D eigenvalue weighted by Crippen LogP contribution is 2.26. The van der Waals surface area contributed by atoms with E-state index in [2.05, 4.69) is 20.9 Å². The lowest BCUT2D eigenvalue weighted by Gasteiger charge is -2.16. The van der Waals surface area contributed by atoms with Crippen LogP contribution in [0.1, 0.15) is 29.7 Å². The maximum atomic E-state index is 12.1. The van der Waals surface area contributed by atoms with Crippen LogP contribution in [0.3, 0.4) is 0 Å². The fourth-order valence-electron chi connectivity index (χ4n) is 2.56. The number of nitrogens with zero attached hydrogens (tertiary/aromatic N) is 1. The molecule has 1 atom stereocenters. The van der Waals surface area contributed by atoms with Gasteiger partial charge >= 0.3 is 6.03 Å². The van der Waals surface area contributed by atoms with Gasteiger partial charge in [0.1, 0.15) is 5.82 Å². The van der Waals surface area contributed by atoms with Crippen LogP contribution >= 0.6 is 0 Å². The Bertz CT molecular complexity index is 773. The van der Waals surface area contributed by atoms with E-state index in [1.807, 2.05) is 44.2 Å². The number of amides is 3. The number of nitrogens with one attached hydrogen (secondary N) is 3. The maximum Gasteiger partial charge on any atom is 0.320 e. The van der Waals surface area contributed by atoms with Crippen LogP contribution in [0.4, 0.5) is 16.3 Å². The lowest BCUT2D eigenvalue weighted by molar-refractivity contribution is -0.115. The zero-order valence-corrected chi connectivity index (χ0v) is 13.0. The van der Waals surface area contributed by atoms with Crippen molar-refractivity contribution in [2.75, 3.05) is 10.6 Å². The van der Waals surface area contributed by atoms with Crippen LogP contribution in [-0.4, -0.2) is 16.9 Å². The molecule has 118 valence electrons. The second-order valence-electron chi connectivity index (χ2n) is 5.63. The van der Waals surface area contributed by atoms with Gasteiger partial charge in [-0.25, -0.2) is 9.78 Å². The molecule has 0 saturated carbocycles. The Morgan fingerprint density at radius 1 is 1.35 bits per heavy atom. The van der Waals surface area contributed by atoms with Gasteiger partial charge in [0.2, 0.25) is 5.91 Å². The molecule has 6 nitrogen and oxygen atoms in total. The van der Waals surface area contributed by atoms with Crippen LogP contribution in [0.25, 0.3) is 0 Å². The molecule has 23 heavy (non-hydrogen) atoms. The average molecular weight is 310 g/mol. The average Bonchev–Trinajstić information content (AvgIpc) is 2.88. The van der Waals surface area contributed by atoms with E-state index in [4.69, 9.17) is 0 Å². The highest BCUT2D eigenvalue weighted by molar-refractivity contribution is 5.99. The number of anilines is 2. The normalized spacial score (nSPS) is 13.9. The van der Waals surface area contributed by atoms with Gasteiger partial charge in [0.15, 0.2) is 0 Å². The van der Waals surface area contributed by atoms with Gasteiger partial charge < -0.3 is 10.6 Å². The van der Waals surface area contributed by atoms with E-state index in [0.29, 0.717) is 12.2 Å². The van der Waals surface area contributed by atoms with Gasteiger partial charge in [-0.15, -0.1) is 0 Å². The molecule has 0 fully saturated rings. The molecule has 6 heteroatoms. The summed E-state index contributed by atoms with van der Waals surface area (Å²) < 4.78 is 0. The summed E-state index contributed by atoms with van der Waals surface area (Å²) in [5.74, 6) is 0.544. The van der Waals surface area contributed by atoms with Crippen LogP contribution in [0.2, 0.25) is 0 Å². The Morgan fingerprint density at radius 2 is 2.17 bits per heavy atom. The van der Waals surface area contributed by atoms with Crippen LogP contribution in [0.15, 0.2) is 36.5 Å². The number of carbonyl (C=O) groups is 2. The summed E-state index contributed by atoms with van der Waals surface area (Å²) in [5, 5.41) is 8.42. The highest BCUT2D eigenvalue weighted by Gasteiger charge is 2.19.